The molecule has 1 aromatic carbocycles. The molecule has 0 saturated heterocycles. The first-order chi connectivity index (χ1) is 7.02. The van der Waals surface area contributed by atoms with Crippen molar-refractivity contribution < 1.29 is 8.42 Å². The molecule has 0 aromatic heterocycles. The zero-order chi connectivity index (χ0) is 10.9. The van der Waals surface area contributed by atoms with Crippen molar-refractivity contribution in [1.29, 1.82) is 0 Å². The van der Waals surface area contributed by atoms with Crippen LogP contribution in [0.25, 0.3) is 0 Å². The molecule has 3 nitrogen and oxygen atoms in total. The minimum atomic E-state index is -3.30. The van der Waals surface area contributed by atoms with Gasteiger partial charge in [-0.1, -0.05) is 25.1 Å². The molecule has 0 heterocycles. The van der Waals surface area contributed by atoms with Crippen LogP contribution >= 0.6 is 0 Å². The van der Waals surface area contributed by atoms with Crippen LogP contribution in [0.15, 0.2) is 35.2 Å². The van der Waals surface area contributed by atoms with Gasteiger partial charge in [0.15, 0.2) is 0 Å². The molecule has 1 aromatic rings. The Morgan fingerprint density at radius 3 is 2.40 bits per heavy atom. The summed E-state index contributed by atoms with van der Waals surface area (Å²) in [7, 11) is -3.30. The molecule has 0 aliphatic heterocycles. The molecule has 82 valence electrons. The van der Waals surface area contributed by atoms with Crippen LogP contribution in [0, 0.1) is 5.41 Å². The summed E-state index contributed by atoms with van der Waals surface area (Å²) in [5.41, 5.74) is 0.196. The number of hydrogen-bond donors (Lipinski definition) is 1. The SMILES string of the molecule is CC1(CNS(=O)(=O)c2ccccc2)CC1. The lowest BCUT2D eigenvalue weighted by Crippen LogP contribution is -2.29. The average molecular weight is 225 g/mol. The lowest BCUT2D eigenvalue weighted by atomic mass is 10.2. The van der Waals surface area contributed by atoms with Gasteiger partial charge in [0.1, 0.15) is 0 Å². The molecule has 1 saturated carbocycles. The topological polar surface area (TPSA) is 46.2 Å². The van der Waals surface area contributed by atoms with Crippen LogP contribution in [-0.4, -0.2) is 15.0 Å². The summed E-state index contributed by atoms with van der Waals surface area (Å²) in [4.78, 5) is 0.342. The molecular formula is C11H15NO2S. The van der Waals surface area contributed by atoms with E-state index in [2.05, 4.69) is 11.6 Å². The molecule has 4 heteroatoms. The van der Waals surface area contributed by atoms with E-state index in [1.54, 1.807) is 30.3 Å². The van der Waals surface area contributed by atoms with Crippen LogP contribution in [0.1, 0.15) is 19.8 Å². The fraction of sp³-hybridized carbons (Fsp3) is 0.455. The molecule has 0 spiro atoms. The third-order valence-corrected chi connectivity index (χ3v) is 4.26. The number of hydrogen-bond acceptors (Lipinski definition) is 2. The highest BCUT2D eigenvalue weighted by Gasteiger charge is 2.38. The van der Waals surface area contributed by atoms with Crippen LogP contribution in [-0.2, 0) is 10.0 Å². The van der Waals surface area contributed by atoms with Crippen LogP contribution in [0.4, 0.5) is 0 Å². The van der Waals surface area contributed by atoms with Gasteiger partial charge in [-0.2, -0.15) is 0 Å². The van der Waals surface area contributed by atoms with E-state index in [1.165, 1.54) is 0 Å². The Balaban J connectivity index is 2.07. The summed E-state index contributed by atoms with van der Waals surface area (Å²) in [6, 6.07) is 8.48. The van der Waals surface area contributed by atoms with Crippen molar-refractivity contribution in [2.45, 2.75) is 24.7 Å². The average Bonchev–Trinajstić information content (AvgIpc) is 2.96. The van der Waals surface area contributed by atoms with E-state index >= 15 is 0 Å². The van der Waals surface area contributed by atoms with Gasteiger partial charge in [-0.05, 0) is 30.4 Å². The highest BCUT2D eigenvalue weighted by atomic mass is 32.2. The standard InChI is InChI=1S/C11H15NO2S/c1-11(7-8-11)9-12-15(13,14)10-5-3-2-4-6-10/h2-6,12H,7-9H2,1H3. The maximum atomic E-state index is 11.8. The molecule has 0 bridgehead atoms. The molecule has 1 fully saturated rings. The van der Waals surface area contributed by atoms with E-state index in [4.69, 9.17) is 0 Å². The van der Waals surface area contributed by atoms with Gasteiger partial charge in [0, 0.05) is 6.54 Å². The fourth-order valence-electron chi connectivity index (χ4n) is 1.34. The predicted molar refractivity (Wildman–Crippen MR) is 59.0 cm³/mol. The number of sulfonamides is 1. The second-order valence-corrected chi connectivity index (χ2v) is 6.22. The molecular weight excluding hydrogens is 210 g/mol. The number of rotatable bonds is 4. The normalized spacial score (nSPS) is 18.7. The summed E-state index contributed by atoms with van der Waals surface area (Å²) in [6.07, 6.45) is 2.23. The zero-order valence-electron chi connectivity index (χ0n) is 8.73. The molecule has 0 radical (unpaired) electrons. The Bertz CT molecular complexity index is 435. The highest BCUT2D eigenvalue weighted by Crippen LogP contribution is 2.44. The van der Waals surface area contributed by atoms with Crippen molar-refractivity contribution in [3.63, 3.8) is 0 Å². The molecule has 1 aliphatic rings. The van der Waals surface area contributed by atoms with E-state index in [0.29, 0.717) is 11.4 Å². The van der Waals surface area contributed by atoms with Gasteiger partial charge in [-0.15, -0.1) is 0 Å². The minimum Gasteiger partial charge on any atom is -0.211 e. The quantitative estimate of drug-likeness (QED) is 0.848. The lowest BCUT2D eigenvalue weighted by molar-refractivity contribution is 0.530. The molecule has 1 N–H and O–H groups in total. The van der Waals surface area contributed by atoms with Crippen LogP contribution in [0.3, 0.4) is 0 Å². The van der Waals surface area contributed by atoms with Gasteiger partial charge in [0.05, 0.1) is 4.90 Å². The Morgan fingerprint density at radius 1 is 1.27 bits per heavy atom. The summed E-state index contributed by atoms with van der Waals surface area (Å²) in [6.45, 7) is 2.64. The Hall–Kier alpha value is -0.870. The third-order valence-electron chi connectivity index (χ3n) is 2.85. The molecule has 1 aliphatic carbocycles. The van der Waals surface area contributed by atoms with Crippen molar-refractivity contribution in [2.75, 3.05) is 6.54 Å². The summed E-state index contributed by atoms with van der Waals surface area (Å²) in [5, 5.41) is 0. The van der Waals surface area contributed by atoms with Crippen molar-refractivity contribution >= 4 is 10.0 Å². The highest BCUT2D eigenvalue weighted by molar-refractivity contribution is 7.89. The van der Waals surface area contributed by atoms with Crippen LogP contribution < -0.4 is 4.72 Å². The smallest absolute Gasteiger partial charge is 0.211 e. The third kappa shape index (κ3) is 2.58. The zero-order valence-corrected chi connectivity index (χ0v) is 9.55. The largest absolute Gasteiger partial charge is 0.240 e. The molecule has 0 atom stereocenters. The summed E-state index contributed by atoms with van der Waals surface area (Å²) < 4.78 is 26.2. The summed E-state index contributed by atoms with van der Waals surface area (Å²) in [5.74, 6) is 0. The van der Waals surface area contributed by atoms with Crippen molar-refractivity contribution in [2.24, 2.45) is 5.41 Å². The monoisotopic (exact) mass is 225 g/mol. The van der Waals surface area contributed by atoms with E-state index in [9.17, 15) is 8.42 Å². The fourth-order valence-corrected chi connectivity index (χ4v) is 2.56. The van der Waals surface area contributed by atoms with Gasteiger partial charge >= 0.3 is 0 Å². The first-order valence-electron chi connectivity index (χ1n) is 5.07. The van der Waals surface area contributed by atoms with Crippen molar-refractivity contribution in [3.05, 3.63) is 30.3 Å². The Kier molecular flexibility index (Phi) is 2.56. The lowest BCUT2D eigenvalue weighted by Gasteiger charge is -2.10. The first-order valence-corrected chi connectivity index (χ1v) is 6.55. The summed E-state index contributed by atoms with van der Waals surface area (Å²) >= 11 is 0. The number of benzene rings is 1. The number of nitrogens with one attached hydrogen (secondary N) is 1. The van der Waals surface area contributed by atoms with Gasteiger partial charge in [-0.3, -0.25) is 0 Å². The molecule has 2 rings (SSSR count). The molecule has 15 heavy (non-hydrogen) atoms. The van der Waals surface area contributed by atoms with E-state index in [-0.39, 0.29) is 5.41 Å². The predicted octanol–water partition coefficient (Wildman–Crippen LogP) is 1.76. The second kappa shape index (κ2) is 3.61. The Morgan fingerprint density at radius 2 is 1.87 bits per heavy atom. The Labute approximate surface area is 90.6 Å². The maximum Gasteiger partial charge on any atom is 0.240 e. The first kappa shape index (κ1) is 10.6. The van der Waals surface area contributed by atoms with E-state index in [0.717, 1.165) is 12.8 Å². The van der Waals surface area contributed by atoms with E-state index < -0.39 is 10.0 Å². The van der Waals surface area contributed by atoms with Crippen molar-refractivity contribution in [1.82, 2.24) is 4.72 Å². The van der Waals surface area contributed by atoms with Crippen LogP contribution in [0.5, 0.6) is 0 Å². The maximum absolute atomic E-state index is 11.8. The van der Waals surface area contributed by atoms with Gasteiger partial charge in [0.25, 0.3) is 0 Å². The van der Waals surface area contributed by atoms with Gasteiger partial charge in [0.2, 0.25) is 10.0 Å². The van der Waals surface area contributed by atoms with Crippen molar-refractivity contribution in [3.8, 4) is 0 Å². The van der Waals surface area contributed by atoms with E-state index in [1.807, 2.05) is 0 Å². The minimum absolute atomic E-state index is 0.196. The molecule has 0 amide bonds. The van der Waals surface area contributed by atoms with Gasteiger partial charge < -0.3 is 0 Å². The van der Waals surface area contributed by atoms with Crippen LogP contribution in [0.2, 0.25) is 0 Å². The molecule has 0 unspecified atom stereocenters. The second-order valence-electron chi connectivity index (χ2n) is 4.45. The van der Waals surface area contributed by atoms with Gasteiger partial charge in [-0.25, -0.2) is 13.1 Å².